The van der Waals surface area contributed by atoms with E-state index in [2.05, 4.69) is 15.5 Å². The number of rotatable bonds is 4. The highest BCUT2D eigenvalue weighted by Gasteiger charge is 2.15. The molecular weight excluding hydrogens is 319 g/mol. The molecule has 0 spiro atoms. The largest absolute Gasteiger partial charge is 0.478 e. The van der Waals surface area contributed by atoms with Gasteiger partial charge in [0.2, 0.25) is 0 Å². The first-order valence-corrected chi connectivity index (χ1v) is 7.40. The molecule has 116 valence electrons. The summed E-state index contributed by atoms with van der Waals surface area (Å²) in [4.78, 5) is 12.4. The maximum Gasteiger partial charge on any atom is 0.328 e. The second kappa shape index (κ2) is 6.09. The van der Waals surface area contributed by atoms with E-state index in [9.17, 15) is 9.18 Å². The maximum atomic E-state index is 13.1. The minimum Gasteiger partial charge on any atom is -0.478 e. The fraction of sp³-hybridized carbons (Fsp3) is 0.0667. The van der Waals surface area contributed by atoms with Crippen molar-refractivity contribution < 1.29 is 14.3 Å². The second-order valence-electron chi connectivity index (χ2n) is 4.69. The summed E-state index contributed by atoms with van der Waals surface area (Å²) >= 11 is 1.39. The molecular formula is C15H11FN4O2S. The van der Waals surface area contributed by atoms with Crippen molar-refractivity contribution in [2.24, 2.45) is 7.05 Å². The van der Waals surface area contributed by atoms with Crippen LogP contribution in [0.4, 0.5) is 4.39 Å². The van der Waals surface area contributed by atoms with Gasteiger partial charge in [-0.1, -0.05) is 12.1 Å². The highest BCUT2D eigenvalue weighted by Crippen LogP contribution is 2.37. The third-order valence-electron chi connectivity index (χ3n) is 3.13. The number of halogens is 1. The number of aliphatic carboxylic acids is 1. The van der Waals surface area contributed by atoms with Crippen LogP contribution in [0, 0.1) is 5.82 Å². The molecule has 0 aliphatic heterocycles. The van der Waals surface area contributed by atoms with Crippen molar-refractivity contribution in [2.45, 2.75) is 0 Å². The molecule has 0 aliphatic rings. The molecule has 2 heterocycles. The molecule has 0 bridgehead atoms. The molecule has 6 nitrogen and oxygen atoms in total. The van der Waals surface area contributed by atoms with Gasteiger partial charge in [-0.25, -0.2) is 13.9 Å². The summed E-state index contributed by atoms with van der Waals surface area (Å²) in [6.45, 7) is 0. The molecule has 1 aromatic carbocycles. The minimum atomic E-state index is -1.04. The van der Waals surface area contributed by atoms with E-state index in [0.717, 1.165) is 22.1 Å². The molecule has 1 N–H and O–H groups in total. The van der Waals surface area contributed by atoms with Crippen molar-refractivity contribution in [1.29, 1.82) is 0 Å². The molecule has 0 amide bonds. The Balaban J connectivity index is 2.11. The Morgan fingerprint density at radius 2 is 2.09 bits per heavy atom. The normalized spacial score (nSPS) is 11.2. The average Bonchev–Trinajstić information content (AvgIpc) is 3.11. The van der Waals surface area contributed by atoms with E-state index < -0.39 is 5.97 Å². The van der Waals surface area contributed by atoms with Gasteiger partial charge >= 0.3 is 5.97 Å². The first-order valence-electron chi connectivity index (χ1n) is 6.58. The van der Waals surface area contributed by atoms with Gasteiger partial charge < -0.3 is 5.11 Å². The third kappa shape index (κ3) is 3.16. The molecule has 23 heavy (non-hydrogen) atoms. The van der Waals surface area contributed by atoms with E-state index >= 15 is 0 Å². The van der Waals surface area contributed by atoms with Crippen LogP contribution < -0.4 is 0 Å². The number of hydrogen-bond donors (Lipinski definition) is 1. The summed E-state index contributed by atoms with van der Waals surface area (Å²) in [5.41, 5.74) is 1.56. The van der Waals surface area contributed by atoms with Crippen molar-refractivity contribution in [3.63, 3.8) is 0 Å². The lowest BCUT2D eigenvalue weighted by Gasteiger charge is -1.97. The van der Waals surface area contributed by atoms with Gasteiger partial charge in [-0.15, -0.1) is 16.4 Å². The van der Waals surface area contributed by atoms with Crippen molar-refractivity contribution in [1.82, 2.24) is 20.2 Å². The van der Waals surface area contributed by atoms with Crippen LogP contribution >= 0.6 is 11.3 Å². The number of carboxylic acid groups (broad SMARTS) is 1. The van der Waals surface area contributed by atoms with Crippen LogP contribution in [-0.2, 0) is 11.8 Å². The van der Waals surface area contributed by atoms with Crippen LogP contribution in [0.25, 0.3) is 27.9 Å². The van der Waals surface area contributed by atoms with Crippen LogP contribution in [0.3, 0.4) is 0 Å². The SMILES string of the molecule is Cn1nnnc1-c1cc(-c2ccc(F)cc2)sc1/C=C/C(=O)O. The van der Waals surface area contributed by atoms with Crippen molar-refractivity contribution in [2.75, 3.05) is 0 Å². The molecule has 0 unspecified atom stereocenters. The molecule has 0 saturated heterocycles. The third-order valence-corrected chi connectivity index (χ3v) is 4.28. The molecule has 0 radical (unpaired) electrons. The van der Waals surface area contributed by atoms with Gasteiger partial charge in [0.15, 0.2) is 5.82 Å². The highest BCUT2D eigenvalue weighted by atomic mass is 32.1. The molecule has 3 aromatic rings. The molecule has 0 atom stereocenters. The Hall–Kier alpha value is -2.87. The van der Waals surface area contributed by atoms with Crippen molar-refractivity contribution in [3.8, 4) is 21.8 Å². The number of carbonyl (C=O) groups is 1. The van der Waals surface area contributed by atoms with Gasteiger partial charge in [0, 0.05) is 28.4 Å². The lowest BCUT2D eigenvalue weighted by Crippen LogP contribution is -1.94. The zero-order chi connectivity index (χ0) is 16.4. The Labute approximate surface area is 134 Å². The fourth-order valence-corrected chi connectivity index (χ4v) is 3.13. The summed E-state index contributed by atoms with van der Waals surface area (Å²) in [5, 5.41) is 20.2. The topological polar surface area (TPSA) is 80.9 Å². The van der Waals surface area contributed by atoms with E-state index in [0.29, 0.717) is 10.7 Å². The Morgan fingerprint density at radius 1 is 1.35 bits per heavy atom. The molecule has 0 saturated carbocycles. The summed E-state index contributed by atoms with van der Waals surface area (Å²) in [5.74, 6) is -0.822. The minimum absolute atomic E-state index is 0.311. The van der Waals surface area contributed by atoms with E-state index in [4.69, 9.17) is 5.11 Å². The number of tetrazole rings is 1. The Kier molecular flexibility index (Phi) is 3.98. The molecule has 0 aliphatic carbocycles. The predicted molar refractivity (Wildman–Crippen MR) is 84.2 cm³/mol. The van der Waals surface area contributed by atoms with Gasteiger partial charge in [0.05, 0.1) is 0 Å². The van der Waals surface area contributed by atoms with E-state index in [-0.39, 0.29) is 5.82 Å². The summed E-state index contributed by atoms with van der Waals surface area (Å²) in [6, 6.07) is 7.97. The summed E-state index contributed by atoms with van der Waals surface area (Å²) in [7, 11) is 1.70. The lowest BCUT2D eigenvalue weighted by molar-refractivity contribution is -0.131. The second-order valence-corrected chi connectivity index (χ2v) is 5.78. The van der Waals surface area contributed by atoms with Gasteiger partial charge in [-0.2, -0.15) is 0 Å². The van der Waals surface area contributed by atoms with Crippen molar-refractivity contribution >= 4 is 23.4 Å². The first kappa shape index (κ1) is 15.0. The zero-order valence-corrected chi connectivity index (χ0v) is 12.8. The number of aryl methyl sites for hydroxylation is 1. The number of nitrogens with zero attached hydrogens (tertiary/aromatic N) is 4. The van der Waals surface area contributed by atoms with E-state index in [1.54, 1.807) is 19.2 Å². The summed E-state index contributed by atoms with van der Waals surface area (Å²) in [6.07, 6.45) is 2.57. The van der Waals surface area contributed by atoms with Gasteiger partial charge in [0.1, 0.15) is 5.82 Å². The van der Waals surface area contributed by atoms with E-state index in [1.165, 1.54) is 34.2 Å². The molecule has 8 heteroatoms. The van der Waals surface area contributed by atoms with Gasteiger partial charge in [0.25, 0.3) is 0 Å². The average molecular weight is 330 g/mol. The molecule has 2 aromatic heterocycles. The fourth-order valence-electron chi connectivity index (χ4n) is 2.06. The number of thiophene rings is 1. The van der Waals surface area contributed by atoms with E-state index in [1.807, 2.05) is 6.07 Å². The summed E-state index contributed by atoms with van der Waals surface area (Å²) < 4.78 is 14.6. The van der Waals surface area contributed by atoms with Crippen LogP contribution in [0.2, 0.25) is 0 Å². The maximum absolute atomic E-state index is 13.1. The monoisotopic (exact) mass is 330 g/mol. The number of aromatic nitrogens is 4. The van der Waals surface area contributed by atoms with Crippen LogP contribution in [0.15, 0.2) is 36.4 Å². The predicted octanol–water partition coefficient (Wildman–Crippen LogP) is 2.84. The quantitative estimate of drug-likeness (QED) is 0.744. The van der Waals surface area contributed by atoms with Gasteiger partial charge in [-0.3, -0.25) is 0 Å². The van der Waals surface area contributed by atoms with Crippen LogP contribution in [0.5, 0.6) is 0 Å². The number of hydrogen-bond acceptors (Lipinski definition) is 5. The molecule has 3 rings (SSSR count). The Morgan fingerprint density at radius 3 is 2.70 bits per heavy atom. The number of benzene rings is 1. The number of carboxylic acids is 1. The van der Waals surface area contributed by atoms with Crippen LogP contribution in [0.1, 0.15) is 4.88 Å². The lowest BCUT2D eigenvalue weighted by atomic mass is 10.1. The molecule has 0 fully saturated rings. The van der Waals surface area contributed by atoms with Crippen LogP contribution in [-0.4, -0.2) is 31.3 Å². The van der Waals surface area contributed by atoms with Gasteiger partial charge in [-0.05, 0) is 40.3 Å². The standard InChI is InChI=1S/C15H11FN4O2S/c1-20-15(17-18-19-20)11-8-13(9-2-4-10(16)5-3-9)23-12(11)6-7-14(21)22/h2-8H,1H3,(H,21,22)/b7-6+. The Bertz CT molecular complexity index is 883. The smallest absolute Gasteiger partial charge is 0.328 e. The first-order chi connectivity index (χ1) is 11.0. The van der Waals surface area contributed by atoms with Crippen molar-refractivity contribution in [3.05, 3.63) is 47.1 Å². The highest BCUT2D eigenvalue weighted by molar-refractivity contribution is 7.16. The zero-order valence-electron chi connectivity index (χ0n) is 12.0.